The minimum Gasteiger partial charge on any atom is -0.325 e. The number of para-hydroxylation sites is 1. The van der Waals surface area contributed by atoms with Crippen LogP contribution in [0, 0.1) is 6.92 Å². The van der Waals surface area contributed by atoms with Gasteiger partial charge in [-0.25, -0.2) is 4.98 Å². The molecule has 2 aromatic carbocycles. The Morgan fingerprint density at radius 2 is 1.96 bits per heavy atom. The van der Waals surface area contributed by atoms with Crippen LogP contribution in [0.1, 0.15) is 5.56 Å². The zero-order valence-corrected chi connectivity index (χ0v) is 16.2. The monoisotopic (exact) mass is 385 g/mol. The molecule has 0 saturated heterocycles. The van der Waals surface area contributed by atoms with E-state index < -0.39 is 0 Å². The molecule has 0 radical (unpaired) electrons. The van der Waals surface area contributed by atoms with Crippen LogP contribution in [-0.4, -0.2) is 35.4 Å². The zero-order valence-electron chi connectivity index (χ0n) is 14.6. The molecule has 0 fully saturated rings. The van der Waals surface area contributed by atoms with E-state index in [4.69, 9.17) is 0 Å². The molecule has 134 valence electrons. The number of fused-ring (bicyclic) bond motifs is 1. The first-order valence-electron chi connectivity index (χ1n) is 8.09. The van der Waals surface area contributed by atoms with E-state index >= 15 is 0 Å². The molecule has 0 saturated carbocycles. The molecule has 2 amide bonds. The Bertz CT molecular complexity index is 906. The third kappa shape index (κ3) is 4.62. The largest absolute Gasteiger partial charge is 0.325 e. The Hall–Kier alpha value is -2.38. The topological polar surface area (TPSA) is 62.3 Å². The summed E-state index contributed by atoms with van der Waals surface area (Å²) in [5, 5.41) is 3.51. The molecule has 0 aliphatic carbocycles. The van der Waals surface area contributed by atoms with Crippen molar-refractivity contribution in [3.63, 3.8) is 0 Å². The molecule has 7 heteroatoms. The first-order chi connectivity index (χ1) is 12.5. The van der Waals surface area contributed by atoms with E-state index in [-0.39, 0.29) is 23.3 Å². The Morgan fingerprint density at radius 1 is 1.15 bits per heavy atom. The van der Waals surface area contributed by atoms with Crippen molar-refractivity contribution in [2.24, 2.45) is 0 Å². The van der Waals surface area contributed by atoms with Crippen LogP contribution < -0.4 is 10.2 Å². The van der Waals surface area contributed by atoms with Crippen LogP contribution in [-0.2, 0) is 9.59 Å². The van der Waals surface area contributed by atoms with Gasteiger partial charge in [-0.15, -0.1) is 11.8 Å². The van der Waals surface area contributed by atoms with Gasteiger partial charge in [-0.1, -0.05) is 35.6 Å². The molecule has 3 aromatic rings. The predicted octanol–water partition coefficient (Wildman–Crippen LogP) is 3.94. The molecule has 0 atom stereocenters. The third-order valence-electron chi connectivity index (χ3n) is 3.70. The summed E-state index contributed by atoms with van der Waals surface area (Å²) >= 11 is 2.78. The molecule has 0 aliphatic rings. The van der Waals surface area contributed by atoms with E-state index in [9.17, 15) is 9.59 Å². The van der Waals surface area contributed by atoms with Crippen molar-refractivity contribution in [1.29, 1.82) is 0 Å². The lowest BCUT2D eigenvalue weighted by atomic mass is 10.2. The number of nitrogens with zero attached hydrogens (tertiary/aromatic N) is 2. The summed E-state index contributed by atoms with van der Waals surface area (Å²) in [5.74, 6) is 0.273. The average molecular weight is 386 g/mol. The van der Waals surface area contributed by atoms with Gasteiger partial charge in [0.15, 0.2) is 5.13 Å². The second kappa shape index (κ2) is 8.33. The number of thioether (sulfide) groups is 1. The number of aromatic nitrogens is 1. The molecular formula is C19H19N3O2S2. The molecule has 1 heterocycles. The highest BCUT2D eigenvalue weighted by molar-refractivity contribution is 8.00. The lowest BCUT2D eigenvalue weighted by Crippen LogP contribution is -2.28. The highest BCUT2D eigenvalue weighted by Gasteiger charge is 2.16. The maximum Gasteiger partial charge on any atom is 0.238 e. The first kappa shape index (κ1) is 18.4. The quantitative estimate of drug-likeness (QED) is 0.698. The van der Waals surface area contributed by atoms with Crippen molar-refractivity contribution >= 4 is 55.9 Å². The number of aryl methyl sites for hydroxylation is 1. The van der Waals surface area contributed by atoms with Crippen molar-refractivity contribution in [3.05, 3.63) is 54.1 Å². The van der Waals surface area contributed by atoms with E-state index in [1.54, 1.807) is 11.9 Å². The molecule has 1 N–H and O–H groups in total. The molecule has 5 nitrogen and oxygen atoms in total. The van der Waals surface area contributed by atoms with Crippen LogP contribution in [0.2, 0.25) is 0 Å². The van der Waals surface area contributed by atoms with E-state index in [1.165, 1.54) is 23.1 Å². The van der Waals surface area contributed by atoms with Gasteiger partial charge in [0.25, 0.3) is 0 Å². The van der Waals surface area contributed by atoms with Crippen molar-refractivity contribution in [2.75, 3.05) is 28.8 Å². The highest BCUT2D eigenvalue weighted by Crippen LogP contribution is 2.28. The molecule has 0 unspecified atom stereocenters. The van der Waals surface area contributed by atoms with Crippen molar-refractivity contribution < 1.29 is 9.59 Å². The summed E-state index contributed by atoms with van der Waals surface area (Å²) in [4.78, 5) is 30.4. The number of hydrogen-bond acceptors (Lipinski definition) is 5. The predicted molar refractivity (Wildman–Crippen MR) is 110 cm³/mol. The number of anilines is 2. The number of benzene rings is 2. The molecule has 26 heavy (non-hydrogen) atoms. The molecule has 3 rings (SSSR count). The number of rotatable bonds is 6. The molecule has 0 bridgehead atoms. The van der Waals surface area contributed by atoms with Gasteiger partial charge in [-0.2, -0.15) is 0 Å². The van der Waals surface area contributed by atoms with Gasteiger partial charge in [0, 0.05) is 12.7 Å². The normalized spacial score (nSPS) is 10.7. The number of carbonyl (C=O) groups excluding carboxylic acids is 2. The summed E-state index contributed by atoms with van der Waals surface area (Å²) in [6, 6.07) is 15.4. The Kier molecular flexibility index (Phi) is 5.90. The average Bonchev–Trinajstić information content (AvgIpc) is 3.05. The first-order valence-corrected chi connectivity index (χ1v) is 10.1. The molecular weight excluding hydrogens is 366 g/mol. The zero-order chi connectivity index (χ0) is 18.5. The molecule has 0 spiro atoms. The Labute approximate surface area is 160 Å². The number of hydrogen-bond donors (Lipinski definition) is 1. The van der Waals surface area contributed by atoms with Gasteiger partial charge in [-0.3, -0.25) is 14.5 Å². The number of carbonyl (C=O) groups is 2. The van der Waals surface area contributed by atoms with Crippen LogP contribution in [0.5, 0.6) is 0 Å². The van der Waals surface area contributed by atoms with Gasteiger partial charge in [-0.05, 0) is 36.8 Å². The smallest absolute Gasteiger partial charge is 0.238 e. The maximum atomic E-state index is 12.3. The lowest BCUT2D eigenvalue weighted by Gasteiger charge is -2.13. The van der Waals surface area contributed by atoms with Crippen LogP contribution in [0.3, 0.4) is 0 Å². The number of nitrogens with one attached hydrogen (secondary N) is 1. The number of amides is 2. The second-order valence-corrected chi connectivity index (χ2v) is 7.82. The van der Waals surface area contributed by atoms with Crippen LogP contribution in [0.4, 0.5) is 10.8 Å². The van der Waals surface area contributed by atoms with E-state index in [0.717, 1.165) is 21.5 Å². The standard InChI is InChI=1S/C19H19N3O2S2/c1-13-6-5-7-14(10-13)20-17(23)11-25-12-18(24)22(2)19-21-15-8-3-4-9-16(15)26-19/h3-10H,11-12H2,1-2H3,(H,20,23). The van der Waals surface area contributed by atoms with Gasteiger partial charge < -0.3 is 5.32 Å². The summed E-state index contributed by atoms with van der Waals surface area (Å²) in [5.41, 5.74) is 2.74. The minimum atomic E-state index is -0.115. The van der Waals surface area contributed by atoms with Crippen molar-refractivity contribution in [1.82, 2.24) is 4.98 Å². The van der Waals surface area contributed by atoms with Gasteiger partial charge >= 0.3 is 0 Å². The third-order valence-corrected chi connectivity index (χ3v) is 5.73. The van der Waals surface area contributed by atoms with Crippen molar-refractivity contribution in [2.45, 2.75) is 6.92 Å². The van der Waals surface area contributed by atoms with Crippen LogP contribution in [0.15, 0.2) is 48.5 Å². The highest BCUT2D eigenvalue weighted by atomic mass is 32.2. The maximum absolute atomic E-state index is 12.3. The summed E-state index contributed by atoms with van der Waals surface area (Å²) in [7, 11) is 1.72. The Balaban J connectivity index is 1.49. The second-order valence-electron chi connectivity index (χ2n) is 5.83. The minimum absolute atomic E-state index is 0.0718. The van der Waals surface area contributed by atoms with Gasteiger partial charge in [0.1, 0.15) is 0 Å². The Morgan fingerprint density at radius 3 is 2.73 bits per heavy atom. The van der Waals surface area contributed by atoms with E-state index in [1.807, 2.05) is 55.5 Å². The fraction of sp³-hybridized carbons (Fsp3) is 0.211. The summed E-state index contributed by atoms with van der Waals surface area (Å²) in [6.45, 7) is 1.97. The fourth-order valence-electron chi connectivity index (χ4n) is 2.36. The van der Waals surface area contributed by atoms with Crippen molar-refractivity contribution in [3.8, 4) is 0 Å². The van der Waals surface area contributed by atoms with E-state index in [2.05, 4.69) is 10.3 Å². The SMILES string of the molecule is Cc1cccc(NC(=O)CSCC(=O)N(C)c2nc3ccccc3s2)c1. The molecule has 1 aromatic heterocycles. The summed E-state index contributed by atoms with van der Waals surface area (Å²) in [6.07, 6.45) is 0. The fourth-order valence-corrected chi connectivity index (χ4v) is 4.03. The summed E-state index contributed by atoms with van der Waals surface area (Å²) < 4.78 is 1.05. The van der Waals surface area contributed by atoms with E-state index in [0.29, 0.717) is 5.13 Å². The van der Waals surface area contributed by atoms with Gasteiger partial charge in [0.05, 0.1) is 21.7 Å². The molecule has 0 aliphatic heterocycles. The van der Waals surface area contributed by atoms with Crippen LogP contribution in [0.25, 0.3) is 10.2 Å². The number of thiazole rings is 1. The van der Waals surface area contributed by atoms with Gasteiger partial charge in [0.2, 0.25) is 11.8 Å². The lowest BCUT2D eigenvalue weighted by molar-refractivity contribution is -0.115. The van der Waals surface area contributed by atoms with Crippen LogP contribution >= 0.6 is 23.1 Å².